The summed E-state index contributed by atoms with van der Waals surface area (Å²) in [7, 11) is 0. The molecule has 0 aromatic carbocycles. The van der Waals surface area contributed by atoms with E-state index in [-0.39, 0.29) is 17.2 Å². The van der Waals surface area contributed by atoms with Crippen LogP contribution in [0.1, 0.15) is 6.92 Å². The molecule has 0 saturated heterocycles. The summed E-state index contributed by atoms with van der Waals surface area (Å²) in [5, 5.41) is 11.0. The van der Waals surface area contributed by atoms with E-state index in [4.69, 9.17) is 10.5 Å². The third-order valence-electron chi connectivity index (χ3n) is 2.33. The van der Waals surface area contributed by atoms with Gasteiger partial charge in [-0.1, -0.05) is 0 Å². The molecule has 2 aromatic heterocycles. The third kappa shape index (κ3) is 2.57. The molecule has 0 saturated carbocycles. The number of rotatable bonds is 4. The van der Waals surface area contributed by atoms with Crippen molar-refractivity contribution in [3.63, 3.8) is 0 Å². The molecule has 0 aliphatic rings. The Bertz CT molecular complexity index is 617. The number of nitrogens with zero attached hydrogens (tertiary/aromatic N) is 4. The molecule has 0 spiro atoms. The van der Waals surface area contributed by atoms with Crippen LogP contribution < -0.4 is 10.5 Å². The van der Waals surface area contributed by atoms with Crippen molar-refractivity contribution in [2.24, 2.45) is 0 Å². The van der Waals surface area contributed by atoms with Gasteiger partial charge in [0.1, 0.15) is 12.1 Å². The van der Waals surface area contributed by atoms with Crippen LogP contribution in [0.2, 0.25) is 0 Å². The molecule has 0 unspecified atom stereocenters. The normalized spacial score (nSPS) is 10.2. The molecular formula is C11H11N5O3. The molecule has 8 nitrogen and oxygen atoms in total. The van der Waals surface area contributed by atoms with Crippen LogP contribution in [0.4, 0.5) is 11.5 Å². The zero-order valence-corrected chi connectivity index (χ0v) is 10.1. The van der Waals surface area contributed by atoms with Gasteiger partial charge in [-0.2, -0.15) is 0 Å². The molecule has 2 aromatic rings. The maximum atomic E-state index is 11.0. The van der Waals surface area contributed by atoms with Crippen LogP contribution in [0.25, 0.3) is 11.3 Å². The van der Waals surface area contributed by atoms with Gasteiger partial charge >= 0.3 is 5.69 Å². The first-order chi connectivity index (χ1) is 9.13. The number of nitrogens with two attached hydrogens (primary N) is 1. The SMILES string of the molecule is CCOc1cncc(-c2ncnc(N)c2[N+](=O)[O-])c1. The minimum absolute atomic E-state index is 0.117. The number of anilines is 1. The van der Waals surface area contributed by atoms with Crippen LogP contribution in [0, 0.1) is 10.1 Å². The number of hydrogen-bond donors (Lipinski definition) is 1. The number of aromatic nitrogens is 3. The minimum atomic E-state index is -0.613. The fourth-order valence-electron chi connectivity index (χ4n) is 1.58. The lowest BCUT2D eigenvalue weighted by molar-refractivity contribution is -0.383. The summed E-state index contributed by atoms with van der Waals surface area (Å²) in [6.07, 6.45) is 4.14. The van der Waals surface area contributed by atoms with E-state index in [0.717, 1.165) is 0 Å². The summed E-state index contributed by atoms with van der Waals surface area (Å²) in [4.78, 5) is 21.9. The van der Waals surface area contributed by atoms with E-state index in [1.165, 1.54) is 18.7 Å². The Morgan fingerprint density at radius 2 is 2.21 bits per heavy atom. The fraction of sp³-hybridized carbons (Fsp3) is 0.182. The summed E-state index contributed by atoms with van der Waals surface area (Å²) in [5.41, 5.74) is 5.74. The summed E-state index contributed by atoms with van der Waals surface area (Å²) in [6.45, 7) is 2.30. The van der Waals surface area contributed by atoms with Crippen LogP contribution in [0.3, 0.4) is 0 Å². The Balaban J connectivity index is 2.55. The average molecular weight is 261 g/mol. The predicted molar refractivity (Wildman–Crippen MR) is 67.5 cm³/mol. The predicted octanol–water partition coefficient (Wildman–Crippen LogP) is 1.43. The van der Waals surface area contributed by atoms with Crippen molar-refractivity contribution in [1.29, 1.82) is 0 Å². The fourth-order valence-corrected chi connectivity index (χ4v) is 1.58. The maximum absolute atomic E-state index is 11.0. The zero-order valence-electron chi connectivity index (χ0n) is 10.1. The van der Waals surface area contributed by atoms with E-state index in [1.54, 1.807) is 6.07 Å². The lowest BCUT2D eigenvalue weighted by Crippen LogP contribution is -2.03. The van der Waals surface area contributed by atoms with Gasteiger partial charge < -0.3 is 10.5 Å². The van der Waals surface area contributed by atoms with Gasteiger partial charge in [-0.15, -0.1) is 0 Å². The maximum Gasteiger partial charge on any atom is 0.337 e. The van der Waals surface area contributed by atoms with Gasteiger partial charge in [0.05, 0.1) is 17.7 Å². The first-order valence-electron chi connectivity index (χ1n) is 5.46. The van der Waals surface area contributed by atoms with Crippen LogP contribution in [0.15, 0.2) is 24.8 Å². The highest BCUT2D eigenvalue weighted by Gasteiger charge is 2.22. The van der Waals surface area contributed by atoms with Gasteiger partial charge in [-0.25, -0.2) is 9.97 Å². The number of nitrogen functional groups attached to an aromatic ring is 1. The molecule has 0 radical (unpaired) electrons. The van der Waals surface area contributed by atoms with Gasteiger partial charge in [-0.3, -0.25) is 15.1 Å². The van der Waals surface area contributed by atoms with Gasteiger partial charge in [-0.05, 0) is 13.0 Å². The van der Waals surface area contributed by atoms with Crippen molar-refractivity contribution >= 4 is 11.5 Å². The second kappa shape index (κ2) is 5.25. The lowest BCUT2D eigenvalue weighted by atomic mass is 10.1. The Labute approximate surface area is 108 Å². The van der Waals surface area contributed by atoms with Crippen molar-refractivity contribution in [1.82, 2.24) is 15.0 Å². The first-order valence-corrected chi connectivity index (χ1v) is 5.46. The highest BCUT2D eigenvalue weighted by Crippen LogP contribution is 2.31. The molecule has 0 bridgehead atoms. The molecule has 0 aliphatic heterocycles. The van der Waals surface area contributed by atoms with Gasteiger partial charge in [0.2, 0.25) is 5.82 Å². The van der Waals surface area contributed by atoms with E-state index in [1.807, 2.05) is 6.92 Å². The minimum Gasteiger partial charge on any atom is -0.492 e. The van der Waals surface area contributed by atoms with E-state index >= 15 is 0 Å². The van der Waals surface area contributed by atoms with Crippen molar-refractivity contribution in [3.05, 3.63) is 34.9 Å². The molecular weight excluding hydrogens is 250 g/mol. The number of pyridine rings is 1. The monoisotopic (exact) mass is 261 g/mol. The molecule has 8 heteroatoms. The Morgan fingerprint density at radius 1 is 1.42 bits per heavy atom. The Morgan fingerprint density at radius 3 is 2.89 bits per heavy atom. The average Bonchev–Trinajstić information content (AvgIpc) is 2.38. The molecule has 0 atom stereocenters. The van der Waals surface area contributed by atoms with Gasteiger partial charge in [0.15, 0.2) is 5.69 Å². The van der Waals surface area contributed by atoms with Crippen molar-refractivity contribution < 1.29 is 9.66 Å². The molecule has 98 valence electrons. The molecule has 2 rings (SSSR count). The molecule has 0 amide bonds. The summed E-state index contributed by atoms with van der Waals surface area (Å²) < 4.78 is 5.29. The van der Waals surface area contributed by atoms with Gasteiger partial charge in [0, 0.05) is 11.8 Å². The van der Waals surface area contributed by atoms with Crippen molar-refractivity contribution in [2.75, 3.05) is 12.3 Å². The molecule has 0 fully saturated rings. The molecule has 2 heterocycles. The van der Waals surface area contributed by atoms with E-state index < -0.39 is 4.92 Å². The van der Waals surface area contributed by atoms with Crippen LogP contribution in [-0.4, -0.2) is 26.5 Å². The number of ether oxygens (including phenoxy) is 1. The summed E-state index contributed by atoms with van der Waals surface area (Å²) in [5.74, 6) is 0.322. The lowest BCUT2D eigenvalue weighted by Gasteiger charge is -2.06. The molecule has 2 N–H and O–H groups in total. The summed E-state index contributed by atoms with van der Waals surface area (Å²) >= 11 is 0. The molecule has 19 heavy (non-hydrogen) atoms. The smallest absolute Gasteiger partial charge is 0.337 e. The third-order valence-corrected chi connectivity index (χ3v) is 2.33. The van der Waals surface area contributed by atoms with Crippen molar-refractivity contribution in [2.45, 2.75) is 6.92 Å². The van der Waals surface area contributed by atoms with Crippen molar-refractivity contribution in [3.8, 4) is 17.0 Å². The topological polar surface area (TPSA) is 117 Å². The number of hydrogen-bond acceptors (Lipinski definition) is 7. The first kappa shape index (κ1) is 12.7. The standard InChI is InChI=1S/C11H11N5O3/c1-2-19-8-3-7(4-13-5-8)9-10(16(17)18)11(12)15-6-14-9/h3-6H,2H2,1H3,(H2,12,14,15). The second-order valence-electron chi connectivity index (χ2n) is 3.56. The van der Waals surface area contributed by atoms with E-state index in [9.17, 15) is 10.1 Å². The summed E-state index contributed by atoms with van der Waals surface area (Å²) in [6, 6.07) is 1.62. The van der Waals surface area contributed by atoms with Gasteiger partial charge in [0.25, 0.3) is 0 Å². The second-order valence-corrected chi connectivity index (χ2v) is 3.56. The zero-order chi connectivity index (χ0) is 13.8. The Kier molecular flexibility index (Phi) is 3.51. The highest BCUT2D eigenvalue weighted by atomic mass is 16.6. The quantitative estimate of drug-likeness (QED) is 0.653. The Hall–Kier alpha value is -2.77. The van der Waals surface area contributed by atoms with E-state index in [2.05, 4.69) is 15.0 Å². The number of nitro groups is 1. The molecule has 0 aliphatic carbocycles. The van der Waals surface area contributed by atoms with Crippen LogP contribution >= 0.6 is 0 Å². The largest absolute Gasteiger partial charge is 0.492 e. The van der Waals surface area contributed by atoms with Crippen LogP contribution in [-0.2, 0) is 0 Å². The van der Waals surface area contributed by atoms with E-state index in [0.29, 0.717) is 17.9 Å². The van der Waals surface area contributed by atoms with Crippen LogP contribution in [0.5, 0.6) is 5.75 Å². The highest BCUT2D eigenvalue weighted by molar-refractivity contribution is 5.75.